The lowest BCUT2D eigenvalue weighted by molar-refractivity contribution is -0.114. The van der Waals surface area contributed by atoms with Gasteiger partial charge < -0.3 is 14.4 Å². The van der Waals surface area contributed by atoms with Crippen molar-refractivity contribution >= 4 is 50.3 Å². The van der Waals surface area contributed by atoms with Gasteiger partial charge >= 0.3 is 0 Å². The Hall–Kier alpha value is -2.61. The van der Waals surface area contributed by atoms with E-state index in [0.717, 1.165) is 41.2 Å². The van der Waals surface area contributed by atoms with E-state index in [1.54, 1.807) is 17.1 Å². The highest BCUT2D eigenvalue weighted by molar-refractivity contribution is 7.22. The maximum Gasteiger partial charge on any atom is 0.252 e. The second kappa shape index (κ2) is 10.3. The molecule has 0 aliphatic carbocycles. The molecule has 4 rings (SSSR count). The maximum atomic E-state index is 13.2. The lowest BCUT2D eigenvalue weighted by atomic mass is 10.2. The van der Waals surface area contributed by atoms with Gasteiger partial charge in [-0.3, -0.25) is 9.69 Å². The third-order valence-electron chi connectivity index (χ3n) is 5.38. The highest BCUT2D eigenvalue weighted by atomic mass is 35.5. The number of anilines is 1. The summed E-state index contributed by atoms with van der Waals surface area (Å²) in [6.07, 6.45) is 3.32. The van der Waals surface area contributed by atoms with Gasteiger partial charge in [-0.25, -0.2) is 4.98 Å². The van der Waals surface area contributed by atoms with E-state index < -0.39 is 0 Å². The molecule has 0 saturated carbocycles. The molecule has 3 aromatic rings. The number of benzene rings is 2. The molecule has 0 N–H and O–H groups in total. The third kappa shape index (κ3) is 5.06. The summed E-state index contributed by atoms with van der Waals surface area (Å²) >= 11 is 7.72. The van der Waals surface area contributed by atoms with Crippen LogP contribution in [-0.2, 0) is 4.79 Å². The number of carbonyl (C=O) groups is 1. The molecule has 32 heavy (non-hydrogen) atoms. The lowest BCUT2D eigenvalue weighted by Crippen LogP contribution is -2.38. The van der Waals surface area contributed by atoms with Gasteiger partial charge in [0, 0.05) is 36.3 Å². The minimum atomic E-state index is -0.131. The molecule has 1 amide bonds. The summed E-state index contributed by atoms with van der Waals surface area (Å²) in [4.78, 5) is 22.0. The van der Waals surface area contributed by atoms with E-state index >= 15 is 0 Å². The van der Waals surface area contributed by atoms with E-state index in [9.17, 15) is 4.79 Å². The zero-order valence-corrected chi connectivity index (χ0v) is 19.8. The third-order valence-corrected chi connectivity index (χ3v) is 6.77. The molecule has 168 valence electrons. The van der Waals surface area contributed by atoms with Crippen molar-refractivity contribution in [2.24, 2.45) is 0 Å². The Kier molecular flexibility index (Phi) is 7.29. The molecule has 0 unspecified atom stereocenters. The molecular formula is C24H26ClN3O3S. The van der Waals surface area contributed by atoms with Crippen LogP contribution in [0.2, 0.25) is 5.02 Å². The normalized spacial score (nSPS) is 13.2. The number of hydrogen-bond donors (Lipinski definition) is 0. The van der Waals surface area contributed by atoms with Crippen LogP contribution in [0.1, 0.15) is 19.4 Å². The van der Waals surface area contributed by atoms with Crippen LogP contribution in [0.5, 0.6) is 11.5 Å². The number of halogens is 1. The number of ether oxygens (including phenoxy) is 2. The number of rotatable bonds is 8. The Labute approximate surface area is 197 Å². The Morgan fingerprint density at radius 2 is 1.84 bits per heavy atom. The molecule has 1 aliphatic heterocycles. The van der Waals surface area contributed by atoms with Gasteiger partial charge in [0.25, 0.3) is 5.91 Å². The molecule has 0 spiro atoms. The van der Waals surface area contributed by atoms with Crippen molar-refractivity contribution in [3.05, 3.63) is 53.1 Å². The molecule has 0 bridgehead atoms. The van der Waals surface area contributed by atoms with Crippen LogP contribution in [0.4, 0.5) is 5.13 Å². The summed E-state index contributed by atoms with van der Waals surface area (Å²) in [5.41, 5.74) is 1.60. The average molecular weight is 472 g/mol. The van der Waals surface area contributed by atoms with Gasteiger partial charge in [-0.1, -0.05) is 55.0 Å². The van der Waals surface area contributed by atoms with E-state index in [4.69, 9.17) is 26.1 Å². The molecule has 1 aliphatic rings. The topological polar surface area (TPSA) is 54.9 Å². The van der Waals surface area contributed by atoms with Gasteiger partial charge in [-0.05, 0) is 30.8 Å². The van der Waals surface area contributed by atoms with Gasteiger partial charge in [-0.2, -0.15) is 0 Å². The minimum absolute atomic E-state index is 0.131. The summed E-state index contributed by atoms with van der Waals surface area (Å²) < 4.78 is 12.3. The first-order valence-electron chi connectivity index (χ1n) is 10.8. The molecule has 8 heteroatoms. The van der Waals surface area contributed by atoms with Crippen molar-refractivity contribution in [3.63, 3.8) is 0 Å². The Bertz CT molecular complexity index is 1080. The van der Waals surface area contributed by atoms with Crippen molar-refractivity contribution in [3.8, 4) is 11.5 Å². The summed E-state index contributed by atoms with van der Waals surface area (Å²) in [6, 6.07) is 11.3. The van der Waals surface area contributed by atoms with Crippen LogP contribution in [0, 0.1) is 0 Å². The van der Waals surface area contributed by atoms with Crippen LogP contribution >= 0.6 is 22.9 Å². The summed E-state index contributed by atoms with van der Waals surface area (Å²) in [7, 11) is 0. The van der Waals surface area contributed by atoms with Gasteiger partial charge in [0.1, 0.15) is 13.2 Å². The van der Waals surface area contributed by atoms with Crippen LogP contribution in [0.15, 0.2) is 42.5 Å². The zero-order valence-electron chi connectivity index (χ0n) is 18.2. The number of nitrogens with zero attached hydrogens (tertiary/aromatic N) is 3. The van der Waals surface area contributed by atoms with E-state index in [1.165, 1.54) is 11.3 Å². The monoisotopic (exact) mass is 471 g/mol. The number of thiazole rings is 1. The SMILES string of the molecule is CCN(CC)CCN(C(=O)/C=C/c1ccccc1Cl)c1nc2cc3c(cc2s1)OCCO3. The summed E-state index contributed by atoms with van der Waals surface area (Å²) in [6.45, 7) is 8.45. The van der Waals surface area contributed by atoms with E-state index in [0.29, 0.717) is 35.7 Å². The molecule has 0 atom stereocenters. The van der Waals surface area contributed by atoms with Gasteiger partial charge in [0.05, 0.1) is 10.2 Å². The quantitative estimate of drug-likeness (QED) is 0.427. The highest BCUT2D eigenvalue weighted by Crippen LogP contribution is 2.38. The fourth-order valence-corrected chi connectivity index (χ4v) is 4.72. The predicted octanol–water partition coefficient (Wildman–Crippen LogP) is 5.11. The summed E-state index contributed by atoms with van der Waals surface area (Å²) in [5, 5.41) is 1.26. The zero-order chi connectivity index (χ0) is 22.5. The first-order valence-corrected chi connectivity index (χ1v) is 11.9. The standard InChI is InChI=1S/C24H26ClN3O3S/c1-3-27(4-2)11-12-28(23(29)10-9-17-7-5-6-8-18(17)25)24-26-19-15-20-21(16-22(19)32-24)31-14-13-30-20/h5-10,15-16H,3-4,11-14H2,1-2H3/b10-9+. The molecule has 2 heterocycles. The lowest BCUT2D eigenvalue weighted by Gasteiger charge is -2.23. The first-order chi connectivity index (χ1) is 15.6. The minimum Gasteiger partial charge on any atom is -0.486 e. The first kappa shape index (κ1) is 22.6. The molecule has 0 saturated heterocycles. The molecular weight excluding hydrogens is 446 g/mol. The molecule has 0 fully saturated rings. The average Bonchev–Trinajstić information content (AvgIpc) is 3.22. The van der Waals surface area contributed by atoms with Crippen molar-refractivity contribution in [2.75, 3.05) is 44.3 Å². The van der Waals surface area contributed by atoms with Crippen molar-refractivity contribution in [1.29, 1.82) is 0 Å². The maximum absolute atomic E-state index is 13.2. The van der Waals surface area contributed by atoms with E-state index in [2.05, 4.69) is 18.7 Å². The van der Waals surface area contributed by atoms with Gasteiger partial charge in [-0.15, -0.1) is 0 Å². The Morgan fingerprint density at radius 1 is 1.12 bits per heavy atom. The number of likely N-dealkylation sites (N-methyl/N-ethyl adjacent to an activating group) is 1. The molecule has 2 aromatic carbocycles. The predicted molar refractivity (Wildman–Crippen MR) is 131 cm³/mol. The van der Waals surface area contributed by atoms with E-state index in [1.807, 2.05) is 36.4 Å². The van der Waals surface area contributed by atoms with E-state index in [-0.39, 0.29) is 5.91 Å². The van der Waals surface area contributed by atoms with Crippen LogP contribution in [0.3, 0.4) is 0 Å². The number of fused-ring (bicyclic) bond motifs is 2. The number of amides is 1. The highest BCUT2D eigenvalue weighted by Gasteiger charge is 2.21. The molecule has 0 radical (unpaired) electrons. The molecule has 1 aromatic heterocycles. The van der Waals surface area contributed by atoms with Crippen LogP contribution in [0.25, 0.3) is 16.3 Å². The summed E-state index contributed by atoms with van der Waals surface area (Å²) in [5.74, 6) is 1.28. The van der Waals surface area contributed by atoms with Gasteiger partial charge in [0.15, 0.2) is 16.6 Å². The van der Waals surface area contributed by atoms with Gasteiger partial charge in [0.2, 0.25) is 0 Å². The fraction of sp³-hybridized carbons (Fsp3) is 0.333. The number of aromatic nitrogens is 1. The van der Waals surface area contributed by atoms with Crippen LogP contribution < -0.4 is 14.4 Å². The number of hydrogen-bond acceptors (Lipinski definition) is 6. The van der Waals surface area contributed by atoms with Crippen LogP contribution in [-0.4, -0.2) is 55.2 Å². The van der Waals surface area contributed by atoms with Crippen molar-refractivity contribution in [1.82, 2.24) is 9.88 Å². The molecule has 6 nitrogen and oxygen atoms in total. The second-order valence-corrected chi connectivity index (χ2v) is 8.75. The second-order valence-electron chi connectivity index (χ2n) is 7.33. The number of carbonyl (C=O) groups excluding carboxylic acids is 1. The fourth-order valence-electron chi connectivity index (χ4n) is 3.51. The Morgan fingerprint density at radius 3 is 2.56 bits per heavy atom. The smallest absolute Gasteiger partial charge is 0.252 e. The Balaban J connectivity index is 1.63. The largest absolute Gasteiger partial charge is 0.486 e. The van der Waals surface area contributed by atoms with Crippen molar-refractivity contribution < 1.29 is 14.3 Å². The van der Waals surface area contributed by atoms with Crippen molar-refractivity contribution in [2.45, 2.75) is 13.8 Å².